The van der Waals surface area contributed by atoms with Crippen molar-refractivity contribution >= 4 is 28.8 Å². The number of thiophene rings is 1. The van der Waals surface area contributed by atoms with E-state index < -0.39 is 12.1 Å². The van der Waals surface area contributed by atoms with Crippen molar-refractivity contribution < 1.29 is 14.7 Å². The van der Waals surface area contributed by atoms with Crippen molar-refractivity contribution in [1.82, 2.24) is 15.2 Å². The fourth-order valence-electron chi connectivity index (χ4n) is 7.53. The maximum atomic E-state index is 14.0. The summed E-state index contributed by atoms with van der Waals surface area (Å²) in [4.78, 5) is 44.7. The van der Waals surface area contributed by atoms with Gasteiger partial charge in [-0.3, -0.25) is 14.4 Å². The fourth-order valence-corrected chi connectivity index (χ4v) is 8.96. The SMILES string of the molecule is CCc1cc2c(s1)CC(C)(C)CC2NC[C@@H](O)[C@H](Cc1ccccc1)NC(=O)c1cc(N2CCCC2=O)c(=O)n(C2CCCC2)c1. The van der Waals surface area contributed by atoms with Crippen molar-refractivity contribution in [2.45, 2.75) is 109 Å². The summed E-state index contributed by atoms with van der Waals surface area (Å²) in [5, 5.41) is 18.5. The zero-order valence-corrected chi connectivity index (χ0v) is 28.2. The molecule has 1 aromatic carbocycles. The minimum Gasteiger partial charge on any atom is -0.390 e. The number of aliphatic hydroxyl groups is 1. The monoisotopic (exact) mass is 644 g/mol. The lowest BCUT2D eigenvalue weighted by Gasteiger charge is -2.36. The third kappa shape index (κ3) is 7.16. The van der Waals surface area contributed by atoms with E-state index in [0.717, 1.165) is 50.5 Å². The molecule has 246 valence electrons. The number of fused-ring (bicyclic) bond motifs is 1. The molecule has 0 spiro atoms. The molecule has 2 aliphatic carbocycles. The highest BCUT2D eigenvalue weighted by Gasteiger charge is 2.35. The van der Waals surface area contributed by atoms with E-state index in [2.05, 4.69) is 37.5 Å². The first kappa shape index (κ1) is 32.7. The van der Waals surface area contributed by atoms with Gasteiger partial charge in [-0.15, -0.1) is 11.3 Å². The van der Waals surface area contributed by atoms with Crippen molar-refractivity contribution in [3.8, 4) is 0 Å². The molecule has 1 saturated carbocycles. The van der Waals surface area contributed by atoms with Crippen LogP contribution >= 0.6 is 11.3 Å². The molecular formula is C37H48N4O4S. The second-order valence-corrected chi connectivity index (χ2v) is 15.4. The van der Waals surface area contributed by atoms with Crippen LogP contribution in [0.3, 0.4) is 0 Å². The molecule has 1 saturated heterocycles. The first-order valence-corrected chi connectivity index (χ1v) is 17.9. The van der Waals surface area contributed by atoms with Crippen LogP contribution in [0, 0.1) is 5.41 Å². The van der Waals surface area contributed by atoms with Gasteiger partial charge in [-0.25, -0.2) is 0 Å². The van der Waals surface area contributed by atoms with Crippen molar-refractivity contribution in [2.24, 2.45) is 5.41 Å². The van der Waals surface area contributed by atoms with Crippen LogP contribution in [0.15, 0.2) is 53.5 Å². The van der Waals surface area contributed by atoms with E-state index in [1.807, 2.05) is 41.7 Å². The zero-order chi connectivity index (χ0) is 32.4. The Morgan fingerprint density at radius 3 is 2.57 bits per heavy atom. The number of aromatic nitrogens is 1. The minimum absolute atomic E-state index is 0.0153. The molecule has 0 bridgehead atoms. The third-order valence-corrected chi connectivity index (χ3v) is 11.3. The van der Waals surface area contributed by atoms with E-state index in [0.29, 0.717) is 37.9 Å². The van der Waals surface area contributed by atoms with Gasteiger partial charge >= 0.3 is 0 Å². The van der Waals surface area contributed by atoms with E-state index >= 15 is 0 Å². The third-order valence-electron chi connectivity index (χ3n) is 10.0. The summed E-state index contributed by atoms with van der Waals surface area (Å²) < 4.78 is 1.68. The van der Waals surface area contributed by atoms with Gasteiger partial charge in [0.2, 0.25) is 5.91 Å². The number of nitrogens with one attached hydrogen (secondary N) is 2. The maximum Gasteiger partial charge on any atom is 0.274 e. The molecular weight excluding hydrogens is 596 g/mol. The Morgan fingerprint density at radius 1 is 1.11 bits per heavy atom. The van der Waals surface area contributed by atoms with Crippen LogP contribution < -0.4 is 21.1 Å². The predicted molar refractivity (Wildman–Crippen MR) is 184 cm³/mol. The van der Waals surface area contributed by atoms with Gasteiger partial charge in [0.1, 0.15) is 5.69 Å². The number of amides is 2. The molecule has 3 aromatic rings. The van der Waals surface area contributed by atoms with Crippen LogP contribution in [0.2, 0.25) is 0 Å². The fraction of sp³-hybridized carbons (Fsp3) is 0.541. The highest BCUT2D eigenvalue weighted by molar-refractivity contribution is 7.12. The molecule has 1 aliphatic heterocycles. The topological polar surface area (TPSA) is 104 Å². The molecule has 46 heavy (non-hydrogen) atoms. The predicted octanol–water partition coefficient (Wildman–Crippen LogP) is 5.72. The number of aliphatic hydroxyl groups excluding tert-OH is 1. The number of nitrogens with zero attached hydrogens (tertiary/aromatic N) is 2. The van der Waals surface area contributed by atoms with Gasteiger partial charge in [0.25, 0.3) is 11.5 Å². The Morgan fingerprint density at radius 2 is 1.87 bits per heavy atom. The highest BCUT2D eigenvalue weighted by atomic mass is 32.1. The van der Waals surface area contributed by atoms with Gasteiger partial charge in [-0.2, -0.15) is 0 Å². The lowest BCUT2D eigenvalue weighted by atomic mass is 9.75. The smallest absolute Gasteiger partial charge is 0.274 e. The van der Waals surface area contributed by atoms with E-state index in [1.54, 1.807) is 21.7 Å². The number of carbonyl (C=O) groups is 2. The molecule has 3 heterocycles. The number of benzene rings is 1. The minimum atomic E-state index is -0.859. The molecule has 3 atom stereocenters. The maximum absolute atomic E-state index is 14.0. The van der Waals surface area contributed by atoms with Gasteiger partial charge in [-0.05, 0) is 73.6 Å². The lowest BCUT2D eigenvalue weighted by molar-refractivity contribution is -0.117. The molecule has 1 unspecified atom stereocenters. The average Bonchev–Trinajstić information content (AvgIpc) is 3.81. The number of hydrogen-bond donors (Lipinski definition) is 3. The second-order valence-electron chi connectivity index (χ2n) is 14.2. The Labute approximate surface area is 276 Å². The van der Waals surface area contributed by atoms with Gasteiger partial charge < -0.3 is 25.2 Å². The molecule has 0 radical (unpaired) electrons. The number of carbonyl (C=O) groups excluding carboxylic acids is 2. The van der Waals surface area contributed by atoms with Crippen LogP contribution in [0.1, 0.15) is 109 Å². The van der Waals surface area contributed by atoms with Crippen molar-refractivity contribution in [1.29, 1.82) is 0 Å². The summed E-state index contributed by atoms with van der Waals surface area (Å²) in [5.74, 6) is -0.437. The Bertz CT molecular complexity index is 1610. The number of hydrogen-bond acceptors (Lipinski definition) is 6. The van der Waals surface area contributed by atoms with Gasteiger partial charge in [0, 0.05) is 47.5 Å². The lowest BCUT2D eigenvalue weighted by Crippen LogP contribution is -2.49. The molecule has 6 rings (SSSR count). The van der Waals surface area contributed by atoms with Crippen LogP contribution in [0.25, 0.3) is 0 Å². The molecule has 2 aromatic heterocycles. The summed E-state index contributed by atoms with van der Waals surface area (Å²) >= 11 is 1.90. The van der Waals surface area contributed by atoms with Crippen LogP contribution in [-0.2, 0) is 24.1 Å². The van der Waals surface area contributed by atoms with Crippen molar-refractivity contribution in [2.75, 3.05) is 18.0 Å². The Balaban J connectivity index is 1.25. The number of aryl methyl sites for hydroxylation is 1. The molecule has 2 amide bonds. The number of rotatable bonds is 11. The summed E-state index contributed by atoms with van der Waals surface area (Å²) in [6.45, 7) is 7.61. The Kier molecular flexibility index (Phi) is 9.83. The largest absolute Gasteiger partial charge is 0.390 e. The van der Waals surface area contributed by atoms with Crippen molar-refractivity contribution in [3.05, 3.63) is 85.5 Å². The van der Waals surface area contributed by atoms with Crippen LogP contribution in [0.4, 0.5) is 5.69 Å². The highest BCUT2D eigenvalue weighted by Crippen LogP contribution is 2.44. The van der Waals surface area contributed by atoms with Gasteiger partial charge in [0.05, 0.1) is 17.7 Å². The van der Waals surface area contributed by atoms with Crippen LogP contribution in [-0.4, -0.2) is 46.7 Å². The van der Waals surface area contributed by atoms with Crippen molar-refractivity contribution in [3.63, 3.8) is 0 Å². The van der Waals surface area contributed by atoms with E-state index in [9.17, 15) is 19.5 Å². The first-order valence-electron chi connectivity index (χ1n) is 17.1. The van der Waals surface area contributed by atoms with Gasteiger partial charge in [-0.1, -0.05) is 63.9 Å². The molecule has 3 aliphatic rings. The van der Waals surface area contributed by atoms with E-state index in [-0.39, 0.29) is 40.6 Å². The normalized spacial score (nSPS) is 20.9. The zero-order valence-electron chi connectivity index (χ0n) is 27.4. The number of pyridine rings is 1. The molecule has 9 heteroatoms. The van der Waals surface area contributed by atoms with E-state index in [4.69, 9.17) is 0 Å². The average molecular weight is 645 g/mol. The van der Waals surface area contributed by atoms with Crippen LogP contribution in [0.5, 0.6) is 0 Å². The number of anilines is 1. The molecule has 8 nitrogen and oxygen atoms in total. The standard InChI is InChI=1S/C37H48N4O4S/c1-4-27-19-28-30(20-37(2,3)21-33(28)46-27)38-22-32(42)29(17-24-11-6-5-7-12-24)39-35(44)25-18-31(40-16-10-15-34(40)43)36(45)41(23-25)26-13-8-9-14-26/h5-7,11-12,18-19,23,26,29-30,32,38,42H,4,8-10,13-17,20-22H2,1-3H3,(H,39,44)/t29-,30?,32+/m0/s1. The summed E-state index contributed by atoms with van der Waals surface area (Å²) in [6, 6.07) is 13.4. The van der Waals surface area contributed by atoms with E-state index in [1.165, 1.54) is 15.3 Å². The summed E-state index contributed by atoms with van der Waals surface area (Å²) in [7, 11) is 0. The quantitative estimate of drug-likeness (QED) is 0.248. The first-order chi connectivity index (χ1) is 22.1. The summed E-state index contributed by atoms with van der Waals surface area (Å²) in [5.41, 5.74) is 2.91. The molecule has 2 fully saturated rings. The second kappa shape index (κ2) is 13.8. The van der Waals surface area contributed by atoms with Gasteiger partial charge in [0.15, 0.2) is 0 Å². The molecule has 3 N–H and O–H groups in total. The Hall–Kier alpha value is -3.27. The summed E-state index contributed by atoms with van der Waals surface area (Å²) in [6.07, 6.45) is 9.24.